The fourth-order valence-electron chi connectivity index (χ4n) is 5.94. The number of nitrogens with one attached hydrogen (secondary N) is 3. The first-order valence-corrected chi connectivity index (χ1v) is 19.0. The van der Waals surface area contributed by atoms with E-state index in [2.05, 4.69) is 30.9 Å². The fraction of sp³-hybridized carbons (Fsp3) is 0.444. The number of rotatable bonds is 20. The van der Waals surface area contributed by atoms with Gasteiger partial charge in [0, 0.05) is 32.4 Å². The highest BCUT2D eigenvalue weighted by Crippen LogP contribution is 2.36. The molecule has 2 aromatic rings. The van der Waals surface area contributed by atoms with Crippen LogP contribution in [0.5, 0.6) is 0 Å². The number of aliphatic imine (C=N–C) groups is 3. The van der Waals surface area contributed by atoms with Crippen molar-refractivity contribution in [1.82, 2.24) is 16.0 Å². The quantitative estimate of drug-likeness (QED) is 0.0292. The third-order valence-corrected chi connectivity index (χ3v) is 8.94. The normalized spacial score (nSPS) is 17.9. The van der Waals surface area contributed by atoms with Gasteiger partial charge in [-0.15, -0.1) is 0 Å². The Morgan fingerprint density at radius 1 is 0.944 bits per heavy atom. The molecule has 2 aromatic carbocycles. The van der Waals surface area contributed by atoms with Crippen molar-refractivity contribution in [2.75, 3.05) is 20.2 Å². The molecule has 0 spiro atoms. The molecule has 0 unspecified atom stereocenters. The summed E-state index contributed by atoms with van der Waals surface area (Å²) in [5.74, 6) is -3.88. The Labute approximate surface area is 314 Å². The number of carbonyl (C=O) groups is 3. The lowest BCUT2D eigenvalue weighted by molar-refractivity contribution is -0.223. The first-order chi connectivity index (χ1) is 25.6. The molecule has 0 aliphatic heterocycles. The first-order valence-electron chi connectivity index (χ1n) is 17.5. The van der Waals surface area contributed by atoms with Crippen LogP contribution in [0.3, 0.4) is 0 Å². The summed E-state index contributed by atoms with van der Waals surface area (Å²) in [6, 6.07) is 13.2. The van der Waals surface area contributed by atoms with Gasteiger partial charge in [-0.05, 0) is 62.0 Å². The van der Waals surface area contributed by atoms with Gasteiger partial charge in [0.15, 0.2) is 5.96 Å². The molecule has 0 saturated heterocycles. The van der Waals surface area contributed by atoms with Gasteiger partial charge in [-0.1, -0.05) is 72.3 Å². The summed E-state index contributed by atoms with van der Waals surface area (Å²) in [4.78, 5) is 71.2. The third-order valence-electron chi connectivity index (χ3n) is 8.46. The minimum atomic E-state index is -5.01. The van der Waals surface area contributed by atoms with Crippen molar-refractivity contribution in [2.45, 2.75) is 76.0 Å². The summed E-state index contributed by atoms with van der Waals surface area (Å²) in [6.07, 6.45) is 3.54. The van der Waals surface area contributed by atoms with Crippen molar-refractivity contribution in [2.24, 2.45) is 32.4 Å². The van der Waals surface area contributed by atoms with Gasteiger partial charge in [-0.2, -0.15) is 0 Å². The number of nitrogens with zero attached hydrogens (tertiary/aromatic N) is 3. The Balaban J connectivity index is 1.91. The van der Waals surface area contributed by atoms with E-state index in [0.717, 1.165) is 5.56 Å². The molecule has 0 bridgehead atoms. The van der Waals surface area contributed by atoms with Crippen LogP contribution in [-0.2, 0) is 36.3 Å². The first kappa shape index (κ1) is 43.3. The number of hydrogen-bond donors (Lipinski definition) is 7. The molecule has 18 heteroatoms. The van der Waals surface area contributed by atoms with Crippen LogP contribution in [0.15, 0.2) is 87.3 Å². The second-order valence-corrected chi connectivity index (χ2v) is 14.0. The van der Waals surface area contributed by atoms with Crippen LogP contribution in [0.2, 0.25) is 0 Å². The zero-order valence-corrected chi connectivity index (χ0v) is 31.2. The molecule has 54 heavy (non-hydrogen) atoms. The smallest absolute Gasteiger partial charge is 0.469 e. The number of benzene rings is 2. The summed E-state index contributed by atoms with van der Waals surface area (Å²) in [7, 11) is -3.58. The number of hydrogen-bond acceptors (Lipinski definition) is 10. The van der Waals surface area contributed by atoms with Crippen LogP contribution in [0, 0.1) is 5.92 Å². The molecular formula is C36H49N8O9P-2. The van der Waals surface area contributed by atoms with Gasteiger partial charge >= 0.3 is 7.82 Å². The molecule has 9 N–H and O–H groups in total. The van der Waals surface area contributed by atoms with Crippen molar-refractivity contribution < 1.29 is 43.5 Å². The molecule has 1 saturated carbocycles. The predicted molar refractivity (Wildman–Crippen MR) is 200 cm³/mol. The number of guanidine groups is 1. The highest BCUT2D eigenvalue weighted by molar-refractivity contribution is 7.46. The minimum Gasteiger partial charge on any atom is -0.862 e. The van der Waals surface area contributed by atoms with Crippen LogP contribution in [-0.4, -0.2) is 89.6 Å². The number of carbonyl (C=O) groups excluding carboxylic acids is 3. The van der Waals surface area contributed by atoms with E-state index < -0.39 is 74.0 Å². The summed E-state index contributed by atoms with van der Waals surface area (Å²) in [6.45, 7) is 0.784. The van der Waals surface area contributed by atoms with E-state index in [1.807, 2.05) is 6.07 Å². The van der Waals surface area contributed by atoms with Gasteiger partial charge in [-0.25, -0.2) is 4.57 Å². The maximum Gasteiger partial charge on any atom is 0.469 e. The number of amides is 3. The van der Waals surface area contributed by atoms with Gasteiger partial charge in [0.05, 0.1) is 12.6 Å². The maximum absolute atomic E-state index is 14.0. The summed E-state index contributed by atoms with van der Waals surface area (Å²) in [5, 5.41) is 33.4. The molecule has 5 atom stereocenters. The van der Waals surface area contributed by atoms with E-state index in [4.69, 9.17) is 16.0 Å². The van der Waals surface area contributed by atoms with E-state index in [0.29, 0.717) is 36.8 Å². The molecule has 1 aliphatic rings. The molecule has 0 radical (unpaired) electrons. The molecule has 0 heterocycles. The highest BCUT2D eigenvalue weighted by Gasteiger charge is 2.30. The second-order valence-electron chi connectivity index (χ2n) is 12.7. The number of phosphoric acid groups is 1. The van der Waals surface area contributed by atoms with E-state index in [1.54, 1.807) is 54.6 Å². The van der Waals surface area contributed by atoms with Crippen molar-refractivity contribution in [3.8, 4) is 0 Å². The van der Waals surface area contributed by atoms with Crippen molar-refractivity contribution in [1.29, 1.82) is 0 Å². The SMILES string of the molecule is CNC(=O)[C@H](CCCN=C(N)N)N=C([O-])[C@@H]1CCC/C1=C\[C@H](COP(=O)(O)O)NC(=O)[C@H](Cc1ccccc1)NC(=O)[C@H](Cc1ccccc1)N=C(C)[O-]. The van der Waals surface area contributed by atoms with Gasteiger partial charge in [0.1, 0.15) is 18.1 Å². The summed E-state index contributed by atoms with van der Waals surface area (Å²) < 4.78 is 16.5. The second kappa shape index (κ2) is 21.6. The topological polar surface area (TPSA) is 289 Å². The minimum absolute atomic E-state index is 0.0171. The molecule has 3 rings (SSSR count). The molecule has 1 fully saturated rings. The molecule has 17 nitrogen and oxygen atoms in total. The molecule has 0 aromatic heterocycles. The van der Waals surface area contributed by atoms with Gasteiger partial charge < -0.3 is 47.4 Å². The van der Waals surface area contributed by atoms with Crippen LogP contribution >= 0.6 is 7.82 Å². The molecular weight excluding hydrogens is 719 g/mol. The number of nitrogens with two attached hydrogens (primary N) is 2. The zero-order valence-electron chi connectivity index (χ0n) is 30.3. The Kier molecular flexibility index (Phi) is 17.3. The lowest BCUT2D eigenvalue weighted by atomic mass is 9.99. The van der Waals surface area contributed by atoms with E-state index in [1.165, 1.54) is 20.0 Å². The maximum atomic E-state index is 14.0. The highest BCUT2D eigenvalue weighted by atomic mass is 31.2. The number of phosphoric ester groups is 1. The Bertz CT molecular complexity index is 1710. The van der Waals surface area contributed by atoms with E-state index >= 15 is 0 Å². The fourth-order valence-corrected chi connectivity index (χ4v) is 6.29. The average molecular weight is 769 g/mol. The summed E-state index contributed by atoms with van der Waals surface area (Å²) >= 11 is 0. The van der Waals surface area contributed by atoms with Crippen LogP contribution in [0.25, 0.3) is 0 Å². The zero-order chi connectivity index (χ0) is 39.7. The third kappa shape index (κ3) is 15.5. The lowest BCUT2D eigenvalue weighted by Gasteiger charge is -2.26. The Morgan fingerprint density at radius 2 is 1.57 bits per heavy atom. The van der Waals surface area contributed by atoms with Crippen LogP contribution in [0.4, 0.5) is 0 Å². The van der Waals surface area contributed by atoms with Gasteiger partial charge in [0.25, 0.3) is 0 Å². The monoisotopic (exact) mass is 768 g/mol. The van der Waals surface area contributed by atoms with Gasteiger partial charge in [-0.3, -0.25) is 33.9 Å². The standard InChI is InChI=1S/C36H51N8O9P/c1-23(45)41-30(19-24-11-5-3-6-12-24)35(49)44-31(20-25-13-7-4-8-14-25)34(48)42-27(22-53-54(50,51)52)21-26-15-9-16-28(26)32(46)43-29(33(47)39-2)17-10-18-40-36(37)38/h3-8,11-14,21,27-31H,9-10,15-20,22H2,1-2H3,(H,39,47)(H,41,45)(H,42,48)(H,43,46)(H,44,49)(H4,37,38,40)(H2,50,51,52)/p-2/b26-21+/t27-,28-,29+,30+,31+/m1/s1. The predicted octanol–water partition coefficient (Wildman–Crippen LogP) is -0.648. The Hall–Kier alpha value is -5.09. The van der Waals surface area contributed by atoms with E-state index in [-0.39, 0.29) is 31.8 Å². The molecule has 294 valence electrons. The van der Waals surface area contributed by atoms with Gasteiger partial charge in [0.2, 0.25) is 17.7 Å². The molecule has 1 aliphatic carbocycles. The Morgan fingerprint density at radius 3 is 2.15 bits per heavy atom. The lowest BCUT2D eigenvalue weighted by Crippen LogP contribution is -2.53. The van der Waals surface area contributed by atoms with Crippen molar-refractivity contribution in [3.05, 3.63) is 83.4 Å². The largest absolute Gasteiger partial charge is 0.862 e. The van der Waals surface area contributed by atoms with Crippen molar-refractivity contribution in [3.63, 3.8) is 0 Å². The van der Waals surface area contributed by atoms with Crippen LogP contribution in [0.1, 0.15) is 50.2 Å². The molecule has 3 amide bonds. The van der Waals surface area contributed by atoms with E-state index in [9.17, 15) is 38.9 Å². The average Bonchev–Trinajstić information content (AvgIpc) is 3.59. The number of likely N-dealkylation sites (N-methyl/N-ethyl adjacent to an activating group) is 1. The van der Waals surface area contributed by atoms with Crippen LogP contribution < -0.4 is 37.6 Å². The summed E-state index contributed by atoms with van der Waals surface area (Å²) in [5.41, 5.74) is 12.7. The van der Waals surface area contributed by atoms with Crippen molar-refractivity contribution >= 4 is 43.3 Å².